The first-order valence-corrected chi connectivity index (χ1v) is 7.20. The molecule has 0 atom stereocenters. The maximum atomic E-state index is 13.0. The summed E-state index contributed by atoms with van der Waals surface area (Å²) in [4.78, 5) is 17.6. The van der Waals surface area contributed by atoms with Crippen LogP contribution in [-0.4, -0.2) is 20.4 Å². The Balaban J connectivity index is 2.35. The highest BCUT2D eigenvalue weighted by Gasteiger charge is 2.34. The van der Waals surface area contributed by atoms with Gasteiger partial charge in [0.2, 0.25) is 5.95 Å². The van der Waals surface area contributed by atoms with E-state index >= 15 is 0 Å². The zero-order valence-electron chi connectivity index (χ0n) is 13.7. The zero-order valence-corrected chi connectivity index (χ0v) is 13.7. The van der Waals surface area contributed by atoms with Gasteiger partial charge in [0.05, 0.1) is 4.92 Å². The number of benzene rings is 1. The van der Waals surface area contributed by atoms with Crippen molar-refractivity contribution in [3.05, 3.63) is 46.1 Å². The van der Waals surface area contributed by atoms with E-state index in [-0.39, 0.29) is 17.5 Å². The standard InChI is InChI=1S/C15H16F3N5O2/c1-14(2,3)22-13-20-11(15(16,17)18)8-12(21-13)19-9-4-6-10(7-5-9)23(24)25/h4-8H,1-3H3,(H2,19,20,21,22). The average Bonchev–Trinajstić information content (AvgIpc) is 2.44. The molecule has 0 aliphatic carbocycles. The summed E-state index contributed by atoms with van der Waals surface area (Å²) in [5.74, 6) is -0.255. The number of halogens is 3. The van der Waals surface area contributed by atoms with E-state index in [9.17, 15) is 23.3 Å². The minimum absolute atomic E-state index is 0.0806. The second kappa shape index (κ2) is 6.54. The number of non-ortho nitro benzene ring substituents is 1. The van der Waals surface area contributed by atoms with E-state index in [2.05, 4.69) is 20.6 Å². The van der Waals surface area contributed by atoms with Crippen molar-refractivity contribution >= 4 is 23.1 Å². The number of hydrogen-bond acceptors (Lipinski definition) is 6. The Kier molecular flexibility index (Phi) is 4.82. The lowest BCUT2D eigenvalue weighted by molar-refractivity contribution is -0.384. The normalized spacial score (nSPS) is 11.9. The molecule has 0 saturated heterocycles. The number of anilines is 3. The third-order valence-corrected chi connectivity index (χ3v) is 2.85. The number of nitrogens with one attached hydrogen (secondary N) is 2. The van der Waals surface area contributed by atoms with Crippen molar-refractivity contribution in [3.63, 3.8) is 0 Å². The molecule has 7 nitrogen and oxygen atoms in total. The maximum absolute atomic E-state index is 13.0. The van der Waals surface area contributed by atoms with Crippen molar-refractivity contribution in [3.8, 4) is 0 Å². The van der Waals surface area contributed by atoms with Gasteiger partial charge in [-0.3, -0.25) is 10.1 Å². The maximum Gasteiger partial charge on any atom is 0.433 e. The lowest BCUT2D eigenvalue weighted by Crippen LogP contribution is -2.28. The van der Waals surface area contributed by atoms with E-state index in [1.54, 1.807) is 20.8 Å². The van der Waals surface area contributed by atoms with Gasteiger partial charge in [-0.05, 0) is 32.9 Å². The van der Waals surface area contributed by atoms with Crippen LogP contribution in [0.4, 0.5) is 36.3 Å². The summed E-state index contributed by atoms with van der Waals surface area (Å²) in [7, 11) is 0. The number of alkyl halides is 3. The molecule has 0 fully saturated rings. The summed E-state index contributed by atoms with van der Waals surface area (Å²) in [6.45, 7) is 5.29. The molecule has 1 aromatic carbocycles. The number of hydrogen-bond donors (Lipinski definition) is 2. The highest BCUT2D eigenvalue weighted by atomic mass is 19.4. The predicted octanol–water partition coefficient (Wildman–Crippen LogP) is 4.36. The molecule has 25 heavy (non-hydrogen) atoms. The van der Waals surface area contributed by atoms with Gasteiger partial charge in [-0.1, -0.05) is 0 Å². The molecular formula is C15H16F3N5O2. The molecule has 0 aliphatic rings. The Bertz CT molecular complexity index is 770. The van der Waals surface area contributed by atoms with Crippen molar-refractivity contribution in [2.24, 2.45) is 0 Å². The Morgan fingerprint density at radius 2 is 1.68 bits per heavy atom. The average molecular weight is 355 g/mol. The van der Waals surface area contributed by atoms with E-state index in [1.807, 2.05) is 0 Å². The summed E-state index contributed by atoms with van der Waals surface area (Å²) in [5, 5.41) is 16.1. The van der Waals surface area contributed by atoms with Gasteiger partial charge in [0, 0.05) is 29.4 Å². The molecule has 0 aliphatic heterocycles. The monoisotopic (exact) mass is 355 g/mol. The molecule has 0 radical (unpaired) electrons. The highest BCUT2D eigenvalue weighted by molar-refractivity contribution is 5.59. The predicted molar refractivity (Wildman–Crippen MR) is 86.8 cm³/mol. The Morgan fingerprint density at radius 1 is 1.08 bits per heavy atom. The van der Waals surface area contributed by atoms with Gasteiger partial charge in [-0.2, -0.15) is 18.2 Å². The first-order chi connectivity index (χ1) is 11.4. The number of nitro groups is 1. The van der Waals surface area contributed by atoms with Gasteiger partial charge >= 0.3 is 6.18 Å². The fourth-order valence-electron chi connectivity index (χ4n) is 1.86. The third-order valence-electron chi connectivity index (χ3n) is 2.85. The molecule has 0 bridgehead atoms. The molecule has 2 aromatic rings. The van der Waals surface area contributed by atoms with Crippen LogP contribution in [-0.2, 0) is 6.18 Å². The highest BCUT2D eigenvalue weighted by Crippen LogP contribution is 2.31. The molecule has 0 saturated carbocycles. The van der Waals surface area contributed by atoms with Gasteiger partial charge < -0.3 is 10.6 Å². The molecule has 10 heteroatoms. The van der Waals surface area contributed by atoms with Gasteiger partial charge in [0.15, 0.2) is 5.69 Å². The van der Waals surface area contributed by atoms with E-state index in [0.29, 0.717) is 5.69 Å². The third kappa shape index (κ3) is 5.30. The molecule has 0 amide bonds. The van der Waals surface area contributed by atoms with Crippen molar-refractivity contribution in [2.45, 2.75) is 32.5 Å². The molecular weight excluding hydrogens is 339 g/mol. The van der Waals surface area contributed by atoms with Crippen LogP contribution in [0.2, 0.25) is 0 Å². The second-order valence-corrected chi connectivity index (χ2v) is 6.26. The second-order valence-electron chi connectivity index (χ2n) is 6.26. The fraction of sp³-hybridized carbons (Fsp3) is 0.333. The first kappa shape index (κ1) is 18.4. The smallest absolute Gasteiger partial charge is 0.350 e. The number of nitro benzene ring substituents is 1. The largest absolute Gasteiger partial charge is 0.433 e. The molecule has 1 aromatic heterocycles. The number of aromatic nitrogens is 2. The summed E-state index contributed by atoms with van der Waals surface area (Å²) in [5.41, 5.74) is -1.40. The summed E-state index contributed by atoms with van der Waals surface area (Å²) in [6.07, 6.45) is -4.64. The van der Waals surface area contributed by atoms with Crippen LogP contribution in [0.15, 0.2) is 30.3 Å². The van der Waals surface area contributed by atoms with Gasteiger partial charge in [0.1, 0.15) is 5.82 Å². The van der Waals surface area contributed by atoms with Crippen LogP contribution in [0.25, 0.3) is 0 Å². The Morgan fingerprint density at radius 3 is 2.16 bits per heavy atom. The lowest BCUT2D eigenvalue weighted by atomic mass is 10.1. The Hall–Kier alpha value is -2.91. The van der Waals surface area contributed by atoms with Crippen molar-refractivity contribution in [1.82, 2.24) is 9.97 Å². The van der Waals surface area contributed by atoms with E-state index in [0.717, 1.165) is 6.07 Å². The van der Waals surface area contributed by atoms with Crippen molar-refractivity contribution in [1.29, 1.82) is 0 Å². The van der Waals surface area contributed by atoms with Gasteiger partial charge in [-0.25, -0.2) is 4.98 Å². The summed E-state index contributed by atoms with van der Waals surface area (Å²) in [6, 6.07) is 6.01. The topological polar surface area (TPSA) is 93.0 Å². The van der Waals surface area contributed by atoms with E-state index in [4.69, 9.17) is 0 Å². The minimum Gasteiger partial charge on any atom is -0.350 e. The minimum atomic E-state index is -4.64. The van der Waals surface area contributed by atoms with E-state index < -0.39 is 22.3 Å². The quantitative estimate of drug-likeness (QED) is 0.625. The summed E-state index contributed by atoms with van der Waals surface area (Å²) < 4.78 is 39.1. The number of rotatable bonds is 4. The van der Waals surface area contributed by atoms with Crippen molar-refractivity contribution < 1.29 is 18.1 Å². The van der Waals surface area contributed by atoms with Crippen LogP contribution in [0.3, 0.4) is 0 Å². The van der Waals surface area contributed by atoms with E-state index in [1.165, 1.54) is 24.3 Å². The lowest BCUT2D eigenvalue weighted by Gasteiger charge is -2.21. The zero-order chi connectivity index (χ0) is 18.8. The summed E-state index contributed by atoms with van der Waals surface area (Å²) >= 11 is 0. The van der Waals surface area contributed by atoms with Gasteiger partial charge in [0.25, 0.3) is 5.69 Å². The molecule has 2 N–H and O–H groups in total. The molecule has 134 valence electrons. The van der Waals surface area contributed by atoms with Gasteiger partial charge in [-0.15, -0.1) is 0 Å². The van der Waals surface area contributed by atoms with Crippen LogP contribution in [0, 0.1) is 10.1 Å². The SMILES string of the molecule is CC(C)(C)Nc1nc(Nc2ccc([N+](=O)[O-])cc2)cc(C(F)(F)F)n1. The van der Waals surface area contributed by atoms with Crippen molar-refractivity contribution in [2.75, 3.05) is 10.6 Å². The number of nitrogens with zero attached hydrogens (tertiary/aromatic N) is 3. The molecule has 2 rings (SSSR count). The fourth-order valence-corrected chi connectivity index (χ4v) is 1.86. The first-order valence-electron chi connectivity index (χ1n) is 7.20. The van der Waals surface area contributed by atoms with Crippen LogP contribution < -0.4 is 10.6 Å². The molecule has 0 unspecified atom stereocenters. The molecule has 0 spiro atoms. The van der Waals surface area contributed by atoms with Crippen LogP contribution in [0.5, 0.6) is 0 Å². The molecule has 1 heterocycles. The van der Waals surface area contributed by atoms with Crippen LogP contribution >= 0.6 is 0 Å². The Labute approximate surface area is 141 Å². The van der Waals surface area contributed by atoms with Crippen LogP contribution in [0.1, 0.15) is 26.5 Å².